The molecule has 1 aromatic heterocycles. The van der Waals surface area contributed by atoms with Gasteiger partial charge in [-0.25, -0.2) is 0 Å². The van der Waals surface area contributed by atoms with Crippen LogP contribution in [0.4, 0.5) is 10.7 Å². The number of ketones is 1. The van der Waals surface area contributed by atoms with Crippen molar-refractivity contribution < 1.29 is 9.53 Å². The van der Waals surface area contributed by atoms with E-state index in [0.717, 1.165) is 43.3 Å². The molecule has 1 aliphatic heterocycles. The highest BCUT2D eigenvalue weighted by Gasteiger charge is 2.34. The lowest BCUT2D eigenvalue weighted by Crippen LogP contribution is -2.25. The summed E-state index contributed by atoms with van der Waals surface area (Å²) in [5.41, 5.74) is 8.19. The van der Waals surface area contributed by atoms with Crippen LogP contribution >= 0.6 is 11.3 Å². The molecule has 0 radical (unpaired) electrons. The number of anilines is 2. The Hall–Kier alpha value is -1.07. The lowest BCUT2D eigenvalue weighted by Gasteiger charge is -2.21. The largest absolute Gasteiger partial charge is 0.397 e. The van der Waals surface area contributed by atoms with Crippen molar-refractivity contribution in [2.24, 2.45) is 0 Å². The minimum Gasteiger partial charge on any atom is -0.397 e. The minimum absolute atomic E-state index is 0.0849. The summed E-state index contributed by atoms with van der Waals surface area (Å²) in [4.78, 5) is 14.8. The van der Waals surface area contributed by atoms with E-state index in [4.69, 9.17) is 10.5 Å². The quantitative estimate of drug-likeness (QED) is 0.865. The van der Waals surface area contributed by atoms with Gasteiger partial charge in [-0.15, -0.1) is 11.3 Å². The topological polar surface area (TPSA) is 55.6 Å². The van der Waals surface area contributed by atoms with Gasteiger partial charge < -0.3 is 15.4 Å². The first kappa shape index (κ1) is 12.9. The Morgan fingerprint density at radius 3 is 2.84 bits per heavy atom. The molecule has 0 unspecified atom stereocenters. The molecule has 2 aliphatic rings. The van der Waals surface area contributed by atoms with Gasteiger partial charge in [0.1, 0.15) is 0 Å². The lowest BCUT2D eigenvalue weighted by molar-refractivity contribution is 0.102. The third kappa shape index (κ3) is 2.49. The van der Waals surface area contributed by atoms with Crippen molar-refractivity contribution in [3.63, 3.8) is 0 Å². The molecule has 1 aromatic rings. The van der Waals surface area contributed by atoms with Crippen LogP contribution in [-0.2, 0) is 4.74 Å². The number of ether oxygens (including phenoxy) is 1. The maximum atomic E-state index is 11.7. The number of nitrogens with two attached hydrogens (primary N) is 1. The van der Waals surface area contributed by atoms with Crippen molar-refractivity contribution in [2.45, 2.75) is 32.1 Å². The van der Waals surface area contributed by atoms with Crippen molar-refractivity contribution >= 4 is 27.8 Å². The average Bonchev–Trinajstić information content (AvgIpc) is 3.17. The monoisotopic (exact) mass is 280 g/mol. The van der Waals surface area contributed by atoms with Crippen LogP contribution in [0.15, 0.2) is 0 Å². The van der Waals surface area contributed by atoms with Gasteiger partial charge >= 0.3 is 0 Å². The number of nitrogens with zero attached hydrogens (tertiary/aromatic N) is 1. The van der Waals surface area contributed by atoms with Crippen LogP contribution in [-0.4, -0.2) is 32.1 Å². The first-order valence-corrected chi connectivity index (χ1v) is 7.76. The van der Waals surface area contributed by atoms with Crippen molar-refractivity contribution in [2.75, 3.05) is 36.9 Å². The Morgan fingerprint density at radius 2 is 2.16 bits per heavy atom. The zero-order chi connectivity index (χ0) is 13.4. The fourth-order valence-electron chi connectivity index (χ4n) is 2.66. The van der Waals surface area contributed by atoms with E-state index in [9.17, 15) is 4.79 Å². The lowest BCUT2D eigenvalue weighted by atomic mass is 10.1. The van der Waals surface area contributed by atoms with E-state index >= 15 is 0 Å². The van der Waals surface area contributed by atoms with Crippen LogP contribution in [0.5, 0.6) is 0 Å². The van der Waals surface area contributed by atoms with Gasteiger partial charge in [-0.2, -0.15) is 0 Å². The van der Waals surface area contributed by atoms with E-state index in [1.54, 1.807) is 18.3 Å². The van der Waals surface area contributed by atoms with E-state index in [1.807, 2.05) is 0 Å². The van der Waals surface area contributed by atoms with E-state index in [2.05, 4.69) is 4.90 Å². The summed E-state index contributed by atoms with van der Waals surface area (Å²) >= 11 is 1.57. The molecule has 2 fully saturated rings. The average molecular weight is 280 g/mol. The first-order valence-electron chi connectivity index (χ1n) is 6.94. The van der Waals surface area contributed by atoms with Gasteiger partial charge in [-0.1, -0.05) is 0 Å². The minimum atomic E-state index is 0.0849. The Labute approximate surface area is 117 Å². The number of thiophene rings is 1. The Balaban J connectivity index is 1.98. The highest BCUT2D eigenvalue weighted by Crippen LogP contribution is 2.52. The van der Waals surface area contributed by atoms with Crippen molar-refractivity contribution in [3.8, 4) is 0 Å². The standard InChI is InChI=1S/C14H20N2O2S/c1-9(17)13-12(15)11(10-3-4-10)14(19-13)16-5-2-7-18-8-6-16/h10H,2-8,15H2,1H3. The number of rotatable bonds is 3. The highest BCUT2D eigenvalue weighted by molar-refractivity contribution is 7.18. The van der Waals surface area contributed by atoms with Gasteiger partial charge in [0.15, 0.2) is 5.78 Å². The SMILES string of the molecule is CC(=O)c1sc(N2CCCOCC2)c(C2CC2)c1N. The molecule has 1 saturated carbocycles. The zero-order valence-electron chi connectivity index (χ0n) is 11.3. The van der Waals surface area contributed by atoms with Gasteiger partial charge in [0.2, 0.25) is 0 Å². The van der Waals surface area contributed by atoms with E-state index in [1.165, 1.54) is 23.4 Å². The molecule has 5 heteroatoms. The molecule has 0 atom stereocenters. The Morgan fingerprint density at radius 1 is 1.37 bits per heavy atom. The van der Waals surface area contributed by atoms with Gasteiger partial charge in [0.05, 0.1) is 22.2 Å². The van der Waals surface area contributed by atoms with Crippen molar-refractivity contribution in [3.05, 3.63) is 10.4 Å². The Kier molecular flexibility index (Phi) is 3.50. The van der Waals surface area contributed by atoms with Crippen LogP contribution in [0.3, 0.4) is 0 Å². The molecular formula is C14H20N2O2S. The van der Waals surface area contributed by atoms with E-state index in [0.29, 0.717) is 5.92 Å². The van der Waals surface area contributed by atoms with Crippen LogP contribution in [0.2, 0.25) is 0 Å². The normalized spacial score (nSPS) is 20.4. The number of Topliss-reactive ketones (excluding diaryl/α,β-unsaturated/α-hetero) is 1. The van der Waals surface area contributed by atoms with Gasteiger partial charge in [-0.3, -0.25) is 4.79 Å². The summed E-state index contributed by atoms with van der Waals surface area (Å²) in [6, 6.07) is 0. The molecule has 1 aliphatic carbocycles. The second kappa shape index (κ2) is 5.13. The van der Waals surface area contributed by atoms with Crippen LogP contribution in [0, 0.1) is 0 Å². The number of hydrogen-bond acceptors (Lipinski definition) is 5. The summed E-state index contributed by atoms with van der Waals surface area (Å²) in [7, 11) is 0. The fraction of sp³-hybridized carbons (Fsp3) is 0.643. The van der Waals surface area contributed by atoms with Gasteiger partial charge in [0.25, 0.3) is 0 Å². The summed E-state index contributed by atoms with van der Waals surface area (Å²) in [6.45, 7) is 5.09. The molecule has 4 nitrogen and oxygen atoms in total. The molecule has 0 aromatic carbocycles. The van der Waals surface area contributed by atoms with E-state index < -0.39 is 0 Å². The van der Waals surface area contributed by atoms with Crippen LogP contribution < -0.4 is 10.6 Å². The second-order valence-electron chi connectivity index (χ2n) is 5.35. The van der Waals surface area contributed by atoms with Gasteiger partial charge in [0, 0.05) is 32.2 Å². The summed E-state index contributed by atoms with van der Waals surface area (Å²) in [5.74, 6) is 0.658. The smallest absolute Gasteiger partial charge is 0.171 e. The molecule has 0 bridgehead atoms. The van der Waals surface area contributed by atoms with Crippen LogP contribution in [0.1, 0.15) is 47.3 Å². The third-order valence-electron chi connectivity index (χ3n) is 3.78. The molecule has 0 amide bonds. The van der Waals surface area contributed by atoms with Crippen LogP contribution in [0.25, 0.3) is 0 Å². The third-order valence-corrected chi connectivity index (χ3v) is 5.16. The number of hydrogen-bond donors (Lipinski definition) is 1. The predicted octanol–water partition coefficient (Wildman–Crippen LogP) is 2.64. The van der Waals surface area contributed by atoms with E-state index in [-0.39, 0.29) is 5.78 Å². The predicted molar refractivity (Wildman–Crippen MR) is 78.4 cm³/mol. The molecule has 0 spiro atoms. The molecular weight excluding hydrogens is 260 g/mol. The Bertz CT molecular complexity index is 486. The maximum absolute atomic E-state index is 11.7. The zero-order valence-corrected chi connectivity index (χ0v) is 12.1. The first-order chi connectivity index (χ1) is 9.18. The number of nitrogen functional groups attached to an aromatic ring is 1. The fourth-order valence-corrected chi connectivity index (χ4v) is 3.91. The second-order valence-corrected chi connectivity index (χ2v) is 6.35. The molecule has 3 rings (SSSR count). The number of carbonyl (C=O) groups excluding carboxylic acids is 1. The highest BCUT2D eigenvalue weighted by atomic mass is 32.1. The number of carbonyl (C=O) groups is 1. The van der Waals surface area contributed by atoms with Crippen molar-refractivity contribution in [1.29, 1.82) is 0 Å². The van der Waals surface area contributed by atoms with Gasteiger partial charge in [-0.05, 0) is 25.2 Å². The van der Waals surface area contributed by atoms with Crippen molar-refractivity contribution in [1.82, 2.24) is 0 Å². The summed E-state index contributed by atoms with van der Waals surface area (Å²) < 4.78 is 5.51. The molecule has 2 heterocycles. The molecule has 2 N–H and O–H groups in total. The molecule has 104 valence electrons. The maximum Gasteiger partial charge on any atom is 0.171 e. The molecule has 1 saturated heterocycles. The summed E-state index contributed by atoms with van der Waals surface area (Å²) in [5, 5.41) is 1.22. The molecule has 19 heavy (non-hydrogen) atoms. The summed E-state index contributed by atoms with van der Waals surface area (Å²) in [6.07, 6.45) is 3.45.